The number of carbonyl (C=O) groups is 1. The third kappa shape index (κ3) is 5.64. The number of hydrogen-bond donors (Lipinski definition) is 1. The highest BCUT2D eigenvalue weighted by Crippen LogP contribution is 2.47. The van der Waals surface area contributed by atoms with Crippen LogP contribution in [0.2, 0.25) is 0 Å². The highest BCUT2D eigenvalue weighted by Gasteiger charge is 2.42. The van der Waals surface area contributed by atoms with Crippen LogP contribution in [0.5, 0.6) is 11.5 Å². The Kier molecular flexibility index (Phi) is 6.58. The molecular formula is C23H20BrF3N4O4. The number of ether oxygens (including phenoxy) is 1. The van der Waals surface area contributed by atoms with Crippen molar-refractivity contribution in [3.05, 3.63) is 73.5 Å². The molecule has 2 aromatic carbocycles. The summed E-state index contributed by atoms with van der Waals surface area (Å²) in [6.07, 6.45) is -3.27. The lowest BCUT2D eigenvalue weighted by Gasteiger charge is -2.12. The zero-order chi connectivity index (χ0) is 25.5. The highest BCUT2D eigenvalue weighted by atomic mass is 79.9. The molecule has 35 heavy (non-hydrogen) atoms. The molecule has 0 saturated heterocycles. The van der Waals surface area contributed by atoms with Crippen LogP contribution in [0.25, 0.3) is 0 Å². The number of halogens is 4. The molecule has 1 saturated carbocycles. The molecule has 8 nitrogen and oxygen atoms in total. The average molecular weight is 553 g/mol. The number of amides is 1. The Bertz CT molecular complexity index is 1320. The van der Waals surface area contributed by atoms with E-state index in [4.69, 9.17) is 4.74 Å². The number of nitrogens with zero attached hydrogens (tertiary/aromatic N) is 3. The normalized spacial score (nSPS) is 13.5. The van der Waals surface area contributed by atoms with Crippen LogP contribution in [0.3, 0.4) is 0 Å². The molecule has 1 aliphatic rings. The first-order valence-corrected chi connectivity index (χ1v) is 11.4. The summed E-state index contributed by atoms with van der Waals surface area (Å²) in [5.41, 5.74) is 0.713. The van der Waals surface area contributed by atoms with E-state index in [1.54, 1.807) is 6.07 Å². The average Bonchev–Trinajstić information content (AvgIpc) is 3.53. The van der Waals surface area contributed by atoms with Gasteiger partial charge >= 0.3 is 6.18 Å². The summed E-state index contributed by atoms with van der Waals surface area (Å²) >= 11 is 2.99. The minimum atomic E-state index is -4.68. The van der Waals surface area contributed by atoms with E-state index in [0.717, 1.165) is 21.9 Å². The van der Waals surface area contributed by atoms with Crippen molar-refractivity contribution in [1.82, 2.24) is 9.78 Å². The Balaban J connectivity index is 1.59. The fourth-order valence-corrected chi connectivity index (χ4v) is 4.43. The molecule has 1 amide bonds. The lowest BCUT2D eigenvalue weighted by molar-refractivity contribution is -0.384. The first-order valence-electron chi connectivity index (χ1n) is 10.6. The Morgan fingerprint density at radius 1 is 1.26 bits per heavy atom. The van der Waals surface area contributed by atoms with Gasteiger partial charge in [-0.25, -0.2) is 0 Å². The Hall–Kier alpha value is -3.41. The summed E-state index contributed by atoms with van der Waals surface area (Å²) in [6, 6.07) is 9.31. The van der Waals surface area contributed by atoms with E-state index in [9.17, 15) is 28.1 Å². The minimum Gasteiger partial charge on any atom is -0.457 e. The predicted molar refractivity (Wildman–Crippen MR) is 125 cm³/mol. The van der Waals surface area contributed by atoms with Crippen LogP contribution < -0.4 is 10.1 Å². The summed E-state index contributed by atoms with van der Waals surface area (Å²) in [4.78, 5) is 23.5. The maximum atomic E-state index is 13.3. The van der Waals surface area contributed by atoms with Gasteiger partial charge < -0.3 is 10.1 Å². The van der Waals surface area contributed by atoms with Gasteiger partial charge in [0.1, 0.15) is 18.0 Å². The molecule has 0 spiro atoms. The molecular weight excluding hydrogens is 533 g/mol. The molecule has 1 N–H and O–H groups in total. The molecule has 1 fully saturated rings. The smallest absolute Gasteiger partial charge is 0.436 e. The molecule has 3 aromatic rings. The summed E-state index contributed by atoms with van der Waals surface area (Å²) in [7, 11) is 0. The molecule has 1 heterocycles. The number of rotatable bonds is 7. The van der Waals surface area contributed by atoms with Gasteiger partial charge in [-0.1, -0.05) is 12.1 Å². The second kappa shape index (κ2) is 9.33. The van der Waals surface area contributed by atoms with E-state index in [2.05, 4.69) is 26.3 Å². The van der Waals surface area contributed by atoms with E-state index in [1.165, 1.54) is 12.1 Å². The van der Waals surface area contributed by atoms with Gasteiger partial charge in [0.05, 0.1) is 26.8 Å². The van der Waals surface area contributed by atoms with E-state index in [-0.39, 0.29) is 27.5 Å². The molecule has 0 radical (unpaired) electrons. The number of non-ortho nitro benzene ring substituents is 1. The zero-order valence-corrected chi connectivity index (χ0v) is 20.2. The zero-order valence-electron chi connectivity index (χ0n) is 18.6. The van der Waals surface area contributed by atoms with E-state index < -0.39 is 29.2 Å². The van der Waals surface area contributed by atoms with Crippen LogP contribution in [0, 0.1) is 24.0 Å². The lowest BCUT2D eigenvalue weighted by Crippen LogP contribution is -2.21. The largest absolute Gasteiger partial charge is 0.457 e. The van der Waals surface area contributed by atoms with Crippen LogP contribution in [0.15, 0.2) is 40.9 Å². The van der Waals surface area contributed by atoms with Gasteiger partial charge in [-0.3, -0.25) is 19.6 Å². The number of nitro groups is 1. The molecule has 1 aliphatic carbocycles. The van der Waals surface area contributed by atoms with Gasteiger partial charge in [0.2, 0.25) is 5.91 Å². The minimum absolute atomic E-state index is 0.0692. The number of nitro benzene ring substituents is 1. The van der Waals surface area contributed by atoms with Gasteiger partial charge in [-0.15, -0.1) is 0 Å². The molecule has 1 aromatic heterocycles. The lowest BCUT2D eigenvalue weighted by atomic mass is 10.1. The molecule has 4 rings (SSSR count). The van der Waals surface area contributed by atoms with Crippen molar-refractivity contribution in [2.45, 2.75) is 45.3 Å². The number of alkyl halides is 3. The van der Waals surface area contributed by atoms with Crippen molar-refractivity contribution >= 4 is 33.2 Å². The number of hydrogen-bond acceptors (Lipinski definition) is 5. The number of benzene rings is 2. The summed E-state index contributed by atoms with van der Waals surface area (Å²) in [5, 5.41) is 17.6. The molecule has 184 valence electrons. The van der Waals surface area contributed by atoms with Crippen molar-refractivity contribution in [3.8, 4) is 11.5 Å². The maximum absolute atomic E-state index is 13.3. The topological polar surface area (TPSA) is 99.3 Å². The first-order chi connectivity index (χ1) is 16.4. The van der Waals surface area contributed by atoms with Crippen LogP contribution in [-0.2, 0) is 17.5 Å². The fraction of sp³-hybridized carbons (Fsp3) is 0.304. The van der Waals surface area contributed by atoms with Crippen molar-refractivity contribution in [3.63, 3.8) is 0 Å². The monoisotopic (exact) mass is 552 g/mol. The van der Waals surface area contributed by atoms with Gasteiger partial charge in [-0.05, 0) is 59.8 Å². The second-order valence-corrected chi connectivity index (χ2v) is 9.16. The fourth-order valence-electron chi connectivity index (χ4n) is 3.60. The summed E-state index contributed by atoms with van der Waals surface area (Å²) < 4.78 is 46.7. The molecule has 0 aliphatic heterocycles. The van der Waals surface area contributed by atoms with Crippen LogP contribution in [0.4, 0.5) is 24.5 Å². The van der Waals surface area contributed by atoms with Crippen molar-refractivity contribution < 1.29 is 27.6 Å². The third-order valence-electron chi connectivity index (χ3n) is 5.41. The van der Waals surface area contributed by atoms with E-state index in [1.807, 2.05) is 26.0 Å². The molecule has 12 heteroatoms. The quantitative estimate of drug-likeness (QED) is 0.266. The summed E-state index contributed by atoms with van der Waals surface area (Å²) in [6.45, 7) is 3.21. The second-order valence-electron chi connectivity index (χ2n) is 8.37. The number of anilines is 1. The van der Waals surface area contributed by atoms with Gasteiger partial charge in [0, 0.05) is 18.1 Å². The number of nitrogens with one attached hydrogen (secondary N) is 1. The van der Waals surface area contributed by atoms with Crippen LogP contribution >= 0.6 is 15.9 Å². The Labute approximate surface area is 206 Å². The standard InChI is InChI=1S/C23H20BrF3N4O4/c1-12-3-4-13(2)18(7-12)35-17-9-15(8-16(10-17)31(33)34)28-19(32)11-30-21(14-5-6-14)20(24)22(29-30)23(25,26)27/h3-4,7-10,14H,5-6,11H2,1-2H3,(H,28,32). The van der Waals surface area contributed by atoms with Crippen LogP contribution in [-0.4, -0.2) is 20.6 Å². The van der Waals surface area contributed by atoms with Gasteiger partial charge in [-0.2, -0.15) is 18.3 Å². The van der Waals surface area contributed by atoms with Crippen molar-refractivity contribution in [1.29, 1.82) is 0 Å². The number of aryl methyl sites for hydroxylation is 2. The van der Waals surface area contributed by atoms with Gasteiger partial charge in [0.25, 0.3) is 5.69 Å². The predicted octanol–water partition coefficient (Wildman–Crippen LogP) is 6.50. The van der Waals surface area contributed by atoms with E-state index >= 15 is 0 Å². The Morgan fingerprint density at radius 2 is 1.97 bits per heavy atom. The maximum Gasteiger partial charge on any atom is 0.436 e. The molecule has 0 atom stereocenters. The Morgan fingerprint density at radius 3 is 2.60 bits per heavy atom. The molecule has 0 bridgehead atoms. The number of carbonyl (C=O) groups excluding carboxylic acids is 1. The third-order valence-corrected chi connectivity index (χ3v) is 6.20. The van der Waals surface area contributed by atoms with Crippen molar-refractivity contribution in [2.75, 3.05) is 5.32 Å². The van der Waals surface area contributed by atoms with Crippen molar-refractivity contribution in [2.24, 2.45) is 0 Å². The highest BCUT2D eigenvalue weighted by molar-refractivity contribution is 9.10. The van der Waals surface area contributed by atoms with E-state index in [0.29, 0.717) is 24.3 Å². The van der Waals surface area contributed by atoms with Gasteiger partial charge in [0.15, 0.2) is 5.69 Å². The van der Waals surface area contributed by atoms with Crippen LogP contribution in [0.1, 0.15) is 41.3 Å². The SMILES string of the molecule is Cc1ccc(C)c(Oc2cc(NC(=O)Cn3nc(C(F)(F)F)c(Br)c3C3CC3)cc([N+](=O)[O-])c2)c1. The molecule has 0 unspecified atom stereocenters. The number of aromatic nitrogens is 2. The first kappa shape index (κ1) is 24.7. The summed E-state index contributed by atoms with van der Waals surface area (Å²) in [5.74, 6) is -0.175.